The zero-order valence-electron chi connectivity index (χ0n) is 15.1. The lowest BCUT2D eigenvalue weighted by atomic mass is 10.1. The third kappa shape index (κ3) is 6.34. The lowest BCUT2D eigenvalue weighted by Gasteiger charge is -2.25. The average Bonchev–Trinajstić information content (AvgIpc) is 2.62. The molecule has 0 saturated carbocycles. The number of nitrogens with two attached hydrogens (primary N) is 1. The highest BCUT2D eigenvalue weighted by atomic mass is 16.2. The first kappa shape index (κ1) is 19.8. The van der Waals surface area contributed by atoms with Crippen molar-refractivity contribution in [3.05, 3.63) is 58.9 Å². The second-order valence-corrected chi connectivity index (χ2v) is 5.87. The van der Waals surface area contributed by atoms with Gasteiger partial charge in [-0.1, -0.05) is 24.0 Å². The number of hydrazine groups is 1. The summed E-state index contributed by atoms with van der Waals surface area (Å²) in [4.78, 5) is 33.9. The summed E-state index contributed by atoms with van der Waals surface area (Å²) in [6.45, 7) is 2.79. The van der Waals surface area contributed by atoms with E-state index in [-0.39, 0.29) is 24.1 Å². The predicted octanol–water partition coefficient (Wildman–Crippen LogP) is -0.460. The fourth-order valence-electron chi connectivity index (χ4n) is 2.35. The maximum atomic E-state index is 11.4. The summed E-state index contributed by atoms with van der Waals surface area (Å²) in [6, 6.07) is 7.22. The van der Waals surface area contributed by atoms with Gasteiger partial charge in [0.1, 0.15) is 6.17 Å². The third-order valence-corrected chi connectivity index (χ3v) is 3.53. The first-order valence-corrected chi connectivity index (χ1v) is 8.20. The van der Waals surface area contributed by atoms with Crippen LogP contribution < -0.4 is 27.2 Å². The fourth-order valence-corrected chi connectivity index (χ4v) is 2.35. The summed E-state index contributed by atoms with van der Waals surface area (Å²) in [5, 5.41) is 8.37. The topological polar surface area (TPSA) is 125 Å². The zero-order chi connectivity index (χ0) is 19.8. The first-order valence-electron chi connectivity index (χ1n) is 8.20. The smallest absolute Gasteiger partial charge is 0.238 e. The Balaban J connectivity index is 2.12. The molecule has 1 aromatic rings. The van der Waals surface area contributed by atoms with Crippen molar-refractivity contribution >= 4 is 17.7 Å². The molecule has 0 spiro atoms. The van der Waals surface area contributed by atoms with E-state index in [1.807, 2.05) is 12.1 Å². The SMILES string of the molecule is CC(=O)NC1=CC(C#Cc2ccc(CC(=O)NN)cc2)=CNC1NC(C)=O. The van der Waals surface area contributed by atoms with Crippen LogP contribution in [0.5, 0.6) is 0 Å². The molecule has 0 aromatic heterocycles. The van der Waals surface area contributed by atoms with Crippen LogP contribution in [0.1, 0.15) is 25.0 Å². The van der Waals surface area contributed by atoms with Gasteiger partial charge in [0, 0.05) is 31.2 Å². The van der Waals surface area contributed by atoms with Crippen molar-refractivity contribution in [1.29, 1.82) is 0 Å². The van der Waals surface area contributed by atoms with E-state index in [2.05, 4.69) is 33.2 Å². The zero-order valence-corrected chi connectivity index (χ0v) is 15.1. The molecule has 0 fully saturated rings. The minimum atomic E-state index is -0.523. The van der Waals surface area contributed by atoms with Crippen molar-refractivity contribution in [3.8, 4) is 11.8 Å². The monoisotopic (exact) mass is 367 g/mol. The first-order chi connectivity index (χ1) is 12.9. The second-order valence-electron chi connectivity index (χ2n) is 5.87. The largest absolute Gasteiger partial charge is 0.365 e. The van der Waals surface area contributed by atoms with Crippen molar-refractivity contribution in [2.45, 2.75) is 26.4 Å². The summed E-state index contributed by atoms with van der Waals surface area (Å²) >= 11 is 0. The van der Waals surface area contributed by atoms with E-state index in [4.69, 9.17) is 5.84 Å². The lowest BCUT2D eigenvalue weighted by Crippen LogP contribution is -2.49. The summed E-state index contributed by atoms with van der Waals surface area (Å²) in [5.74, 6) is 10.3. The van der Waals surface area contributed by atoms with Gasteiger partial charge in [0.25, 0.3) is 0 Å². The van der Waals surface area contributed by atoms with Crippen LogP contribution in [0.2, 0.25) is 0 Å². The molecule has 1 aliphatic heterocycles. The molecule has 6 N–H and O–H groups in total. The number of amides is 3. The Bertz CT molecular complexity index is 860. The van der Waals surface area contributed by atoms with Crippen molar-refractivity contribution in [1.82, 2.24) is 21.4 Å². The van der Waals surface area contributed by atoms with Crippen molar-refractivity contribution in [2.24, 2.45) is 5.84 Å². The van der Waals surface area contributed by atoms with Gasteiger partial charge >= 0.3 is 0 Å². The van der Waals surface area contributed by atoms with Crippen LogP contribution >= 0.6 is 0 Å². The predicted molar refractivity (Wildman–Crippen MR) is 100 cm³/mol. The van der Waals surface area contributed by atoms with Crippen LogP contribution in [0.3, 0.4) is 0 Å². The molecule has 1 aliphatic rings. The standard InChI is InChI=1S/C19H21N5O3/c1-12(25)22-17-9-16(11-21-19(17)23-13(2)26)8-5-14-3-6-15(7-4-14)10-18(27)24-20/h3-4,6-7,9,11,19,21H,10,20H2,1-2H3,(H,22,25)(H,23,26)(H,24,27). The lowest BCUT2D eigenvalue weighted by molar-refractivity contribution is -0.121. The molecular formula is C19H21N5O3. The van der Waals surface area contributed by atoms with E-state index in [1.54, 1.807) is 24.4 Å². The maximum absolute atomic E-state index is 11.4. The number of carbonyl (C=O) groups is 3. The average molecular weight is 367 g/mol. The van der Waals surface area contributed by atoms with E-state index in [0.29, 0.717) is 11.3 Å². The number of hydrogen-bond donors (Lipinski definition) is 5. The normalized spacial score (nSPS) is 15.1. The van der Waals surface area contributed by atoms with Gasteiger partial charge in [-0.05, 0) is 23.8 Å². The number of hydrogen-bond acceptors (Lipinski definition) is 5. The molecule has 1 atom stereocenters. The Morgan fingerprint density at radius 2 is 1.81 bits per heavy atom. The molecule has 27 heavy (non-hydrogen) atoms. The Labute approximate surface area is 157 Å². The number of rotatable bonds is 4. The Kier molecular flexibility index (Phi) is 6.74. The molecule has 0 aliphatic carbocycles. The van der Waals surface area contributed by atoms with Crippen LogP contribution in [0.15, 0.2) is 47.8 Å². The van der Waals surface area contributed by atoms with E-state index in [9.17, 15) is 14.4 Å². The summed E-state index contributed by atoms with van der Waals surface area (Å²) in [6.07, 6.45) is 3.04. The van der Waals surface area contributed by atoms with Crippen LogP contribution in [-0.2, 0) is 20.8 Å². The van der Waals surface area contributed by atoms with E-state index >= 15 is 0 Å². The van der Waals surface area contributed by atoms with E-state index in [1.165, 1.54) is 13.8 Å². The minimum absolute atomic E-state index is 0.201. The van der Waals surface area contributed by atoms with Gasteiger partial charge < -0.3 is 16.0 Å². The van der Waals surface area contributed by atoms with Crippen molar-refractivity contribution in [2.75, 3.05) is 0 Å². The highest BCUT2D eigenvalue weighted by Crippen LogP contribution is 2.10. The number of dihydropyridines is 1. The fraction of sp³-hybridized carbons (Fsp3) is 0.211. The quantitative estimate of drug-likeness (QED) is 0.213. The molecule has 2 rings (SSSR count). The van der Waals surface area contributed by atoms with Gasteiger partial charge in [0.05, 0.1) is 12.1 Å². The van der Waals surface area contributed by atoms with Crippen molar-refractivity contribution < 1.29 is 14.4 Å². The molecule has 0 saturated heterocycles. The summed E-state index contributed by atoms with van der Waals surface area (Å²) < 4.78 is 0. The van der Waals surface area contributed by atoms with Gasteiger partial charge in [-0.25, -0.2) is 5.84 Å². The van der Waals surface area contributed by atoms with Crippen LogP contribution in [0.4, 0.5) is 0 Å². The molecule has 3 amide bonds. The van der Waals surface area contributed by atoms with E-state index < -0.39 is 6.17 Å². The molecule has 1 heterocycles. The molecule has 1 aromatic carbocycles. The molecule has 8 heteroatoms. The highest BCUT2D eigenvalue weighted by Gasteiger charge is 2.18. The van der Waals surface area contributed by atoms with Gasteiger partial charge in [-0.15, -0.1) is 0 Å². The van der Waals surface area contributed by atoms with Crippen LogP contribution in [0, 0.1) is 11.8 Å². The van der Waals surface area contributed by atoms with Gasteiger partial charge in [-0.2, -0.15) is 0 Å². The number of benzene rings is 1. The third-order valence-electron chi connectivity index (χ3n) is 3.53. The molecule has 0 bridgehead atoms. The summed E-state index contributed by atoms with van der Waals surface area (Å²) in [7, 11) is 0. The van der Waals surface area contributed by atoms with E-state index in [0.717, 1.165) is 11.1 Å². The second kappa shape index (κ2) is 9.22. The van der Waals surface area contributed by atoms with Crippen LogP contribution in [-0.4, -0.2) is 23.9 Å². The Morgan fingerprint density at radius 3 is 2.41 bits per heavy atom. The van der Waals surface area contributed by atoms with Gasteiger partial charge in [-0.3, -0.25) is 19.8 Å². The Hall–Kier alpha value is -3.57. The molecule has 140 valence electrons. The van der Waals surface area contributed by atoms with Crippen molar-refractivity contribution in [3.63, 3.8) is 0 Å². The van der Waals surface area contributed by atoms with Gasteiger partial charge in [0.15, 0.2) is 0 Å². The molecule has 8 nitrogen and oxygen atoms in total. The minimum Gasteiger partial charge on any atom is -0.365 e. The number of carbonyl (C=O) groups excluding carboxylic acids is 3. The molecule has 1 unspecified atom stereocenters. The highest BCUT2D eigenvalue weighted by molar-refractivity contribution is 5.78. The molecular weight excluding hydrogens is 346 g/mol. The number of allylic oxidation sites excluding steroid dienone is 2. The van der Waals surface area contributed by atoms with Crippen LogP contribution in [0.25, 0.3) is 0 Å². The molecule has 0 radical (unpaired) electrons. The number of nitrogens with one attached hydrogen (secondary N) is 4. The maximum Gasteiger partial charge on any atom is 0.238 e. The summed E-state index contributed by atoms with van der Waals surface area (Å²) in [5.41, 5.74) is 4.83. The van der Waals surface area contributed by atoms with Gasteiger partial charge in [0.2, 0.25) is 17.7 Å². The Morgan fingerprint density at radius 1 is 1.11 bits per heavy atom.